The number of nitrogens with zero attached hydrogens (tertiary/aromatic N) is 1. The van der Waals surface area contributed by atoms with E-state index in [1.165, 1.54) is 31.4 Å². The maximum Gasteiger partial charge on any atom is 0.342 e. The number of anilines is 1. The maximum absolute atomic E-state index is 11.6. The second-order valence-electron chi connectivity index (χ2n) is 4.58. The first-order chi connectivity index (χ1) is 11.3. The van der Waals surface area contributed by atoms with Crippen LogP contribution in [0.4, 0.5) is 11.4 Å². The molecule has 9 heteroatoms. The van der Waals surface area contributed by atoms with E-state index in [9.17, 15) is 19.7 Å². The molecule has 0 saturated carbocycles. The summed E-state index contributed by atoms with van der Waals surface area (Å²) in [5, 5.41) is 19.9. The molecule has 0 atom stereocenters. The van der Waals surface area contributed by atoms with Gasteiger partial charge in [-0.25, -0.2) is 9.59 Å². The van der Waals surface area contributed by atoms with Crippen molar-refractivity contribution in [2.75, 3.05) is 12.8 Å². The number of carbonyl (C=O) groups excluding carboxylic acids is 1. The molecule has 2 rings (SSSR count). The van der Waals surface area contributed by atoms with Gasteiger partial charge in [0.25, 0.3) is 5.69 Å². The van der Waals surface area contributed by atoms with E-state index < -0.39 is 28.1 Å². The molecule has 0 saturated heterocycles. The van der Waals surface area contributed by atoms with Crippen LogP contribution in [0.25, 0.3) is 0 Å². The molecule has 0 aliphatic rings. The standard InChI is InChI=1S/C15H12N2O7/c1-23-15(20)10-6-8(2-4-12(10)16)24-9-3-5-13(17(21)22)11(7-9)14(18)19/h2-7H,16H2,1H3,(H,18,19). The maximum atomic E-state index is 11.6. The lowest BCUT2D eigenvalue weighted by molar-refractivity contribution is -0.385. The summed E-state index contributed by atoms with van der Waals surface area (Å²) >= 11 is 0. The highest BCUT2D eigenvalue weighted by Gasteiger charge is 2.21. The molecule has 2 aromatic carbocycles. The van der Waals surface area contributed by atoms with Crippen LogP contribution in [0.5, 0.6) is 11.5 Å². The molecule has 0 unspecified atom stereocenters. The van der Waals surface area contributed by atoms with Crippen LogP contribution < -0.4 is 10.5 Å². The van der Waals surface area contributed by atoms with E-state index in [4.69, 9.17) is 15.6 Å². The Morgan fingerprint density at radius 2 is 1.71 bits per heavy atom. The number of nitrogen functional groups attached to an aromatic ring is 1. The number of rotatable bonds is 5. The van der Waals surface area contributed by atoms with Gasteiger partial charge >= 0.3 is 11.9 Å². The van der Waals surface area contributed by atoms with E-state index in [1.807, 2.05) is 0 Å². The lowest BCUT2D eigenvalue weighted by Crippen LogP contribution is -2.06. The first kappa shape index (κ1) is 16.7. The van der Waals surface area contributed by atoms with E-state index in [0.29, 0.717) is 0 Å². The van der Waals surface area contributed by atoms with Gasteiger partial charge in [-0.05, 0) is 24.3 Å². The van der Waals surface area contributed by atoms with Crippen molar-refractivity contribution in [2.24, 2.45) is 0 Å². The fourth-order valence-corrected chi connectivity index (χ4v) is 1.93. The molecule has 2 aromatic rings. The smallest absolute Gasteiger partial charge is 0.342 e. The minimum absolute atomic E-state index is 0.0542. The van der Waals surface area contributed by atoms with Crippen LogP contribution in [-0.4, -0.2) is 29.1 Å². The van der Waals surface area contributed by atoms with Crippen LogP contribution in [0, 0.1) is 10.1 Å². The first-order valence-corrected chi connectivity index (χ1v) is 6.51. The van der Waals surface area contributed by atoms with Gasteiger partial charge in [0.2, 0.25) is 0 Å². The molecular formula is C15H12N2O7. The van der Waals surface area contributed by atoms with Crippen molar-refractivity contribution in [1.29, 1.82) is 0 Å². The van der Waals surface area contributed by atoms with Crippen molar-refractivity contribution in [2.45, 2.75) is 0 Å². The highest BCUT2D eigenvalue weighted by molar-refractivity contribution is 5.95. The van der Waals surface area contributed by atoms with Crippen molar-refractivity contribution in [3.63, 3.8) is 0 Å². The third-order valence-corrected chi connectivity index (χ3v) is 3.06. The molecule has 3 N–H and O–H groups in total. The minimum Gasteiger partial charge on any atom is -0.477 e. The van der Waals surface area contributed by atoms with Gasteiger partial charge in [-0.3, -0.25) is 10.1 Å². The van der Waals surface area contributed by atoms with Gasteiger partial charge in [0.05, 0.1) is 17.6 Å². The molecule has 0 heterocycles. The largest absolute Gasteiger partial charge is 0.477 e. The number of benzene rings is 2. The van der Waals surface area contributed by atoms with Gasteiger partial charge in [0.1, 0.15) is 17.1 Å². The predicted octanol–water partition coefficient (Wildman–Crippen LogP) is 2.45. The molecule has 0 aliphatic heterocycles. The monoisotopic (exact) mass is 332 g/mol. The number of carboxylic acid groups (broad SMARTS) is 1. The molecule has 24 heavy (non-hydrogen) atoms. The minimum atomic E-state index is -1.46. The number of hydrogen-bond donors (Lipinski definition) is 2. The molecule has 0 radical (unpaired) electrons. The van der Waals surface area contributed by atoms with Crippen LogP contribution in [0.2, 0.25) is 0 Å². The van der Waals surface area contributed by atoms with Crippen molar-refractivity contribution in [1.82, 2.24) is 0 Å². The fourth-order valence-electron chi connectivity index (χ4n) is 1.93. The Kier molecular flexibility index (Phi) is 4.64. The zero-order valence-electron chi connectivity index (χ0n) is 12.4. The molecule has 0 aliphatic carbocycles. The number of hydrogen-bond acceptors (Lipinski definition) is 7. The van der Waals surface area contributed by atoms with Crippen LogP contribution in [-0.2, 0) is 4.74 Å². The van der Waals surface area contributed by atoms with E-state index in [-0.39, 0.29) is 22.7 Å². The van der Waals surface area contributed by atoms with Crippen LogP contribution >= 0.6 is 0 Å². The number of nitro groups is 1. The summed E-state index contributed by atoms with van der Waals surface area (Å²) in [4.78, 5) is 32.7. The van der Waals surface area contributed by atoms with Crippen molar-refractivity contribution < 1.29 is 29.1 Å². The predicted molar refractivity (Wildman–Crippen MR) is 82.3 cm³/mol. The van der Waals surface area contributed by atoms with Gasteiger partial charge in [-0.15, -0.1) is 0 Å². The average Bonchev–Trinajstić information content (AvgIpc) is 2.55. The lowest BCUT2D eigenvalue weighted by Gasteiger charge is -2.09. The second kappa shape index (κ2) is 6.65. The van der Waals surface area contributed by atoms with Crippen LogP contribution in [0.15, 0.2) is 36.4 Å². The van der Waals surface area contributed by atoms with Gasteiger partial charge in [0.15, 0.2) is 0 Å². The third-order valence-electron chi connectivity index (χ3n) is 3.06. The molecule has 0 aromatic heterocycles. The summed E-state index contributed by atoms with van der Waals surface area (Å²) in [6.45, 7) is 0. The molecule has 0 amide bonds. The zero-order valence-corrected chi connectivity index (χ0v) is 12.4. The molecular weight excluding hydrogens is 320 g/mol. The summed E-state index contributed by atoms with van der Waals surface area (Å²) in [6, 6.07) is 7.50. The summed E-state index contributed by atoms with van der Waals surface area (Å²) in [7, 11) is 1.20. The van der Waals surface area contributed by atoms with E-state index in [0.717, 1.165) is 12.1 Å². The third kappa shape index (κ3) is 3.40. The molecule has 124 valence electrons. The topological polar surface area (TPSA) is 142 Å². The molecule has 0 fully saturated rings. The highest BCUT2D eigenvalue weighted by Crippen LogP contribution is 2.29. The fraction of sp³-hybridized carbons (Fsp3) is 0.0667. The number of methoxy groups -OCH3 is 1. The summed E-state index contributed by atoms with van der Waals surface area (Å²) in [5.74, 6) is -1.87. The molecule has 0 spiro atoms. The average molecular weight is 332 g/mol. The van der Waals surface area contributed by atoms with Gasteiger partial charge in [-0.2, -0.15) is 0 Å². The lowest BCUT2D eigenvalue weighted by atomic mass is 10.1. The number of carboxylic acids is 1. The molecule has 0 bridgehead atoms. The Bertz CT molecular complexity index is 833. The van der Waals surface area contributed by atoms with Crippen molar-refractivity contribution >= 4 is 23.3 Å². The SMILES string of the molecule is COC(=O)c1cc(Oc2ccc([N+](=O)[O-])c(C(=O)O)c2)ccc1N. The summed E-state index contributed by atoms with van der Waals surface area (Å²) in [6.07, 6.45) is 0. The Morgan fingerprint density at radius 1 is 1.12 bits per heavy atom. The Morgan fingerprint density at radius 3 is 2.25 bits per heavy atom. The summed E-state index contributed by atoms with van der Waals surface area (Å²) in [5.41, 5.74) is 4.86. The van der Waals surface area contributed by atoms with Gasteiger partial charge < -0.3 is 20.3 Å². The number of esters is 1. The number of carbonyl (C=O) groups is 2. The zero-order chi connectivity index (χ0) is 17.9. The number of nitrogens with two attached hydrogens (primary N) is 1. The van der Waals surface area contributed by atoms with Crippen LogP contribution in [0.1, 0.15) is 20.7 Å². The Balaban J connectivity index is 2.38. The van der Waals surface area contributed by atoms with Gasteiger partial charge in [-0.1, -0.05) is 0 Å². The summed E-state index contributed by atoms with van der Waals surface area (Å²) < 4.78 is 10.0. The Hall–Kier alpha value is -3.62. The van der Waals surface area contributed by atoms with Crippen molar-refractivity contribution in [3.8, 4) is 11.5 Å². The Labute approximate surface area is 135 Å². The highest BCUT2D eigenvalue weighted by atomic mass is 16.6. The normalized spacial score (nSPS) is 10.0. The number of aromatic carboxylic acids is 1. The number of ether oxygens (including phenoxy) is 2. The quantitative estimate of drug-likeness (QED) is 0.368. The molecule has 9 nitrogen and oxygen atoms in total. The van der Waals surface area contributed by atoms with Crippen LogP contribution in [0.3, 0.4) is 0 Å². The first-order valence-electron chi connectivity index (χ1n) is 6.51. The number of nitro benzene ring substituents is 1. The van der Waals surface area contributed by atoms with E-state index in [1.54, 1.807) is 0 Å². The van der Waals surface area contributed by atoms with Crippen molar-refractivity contribution in [3.05, 3.63) is 57.6 Å². The van der Waals surface area contributed by atoms with E-state index in [2.05, 4.69) is 4.74 Å². The van der Waals surface area contributed by atoms with E-state index >= 15 is 0 Å². The van der Waals surface area contributed by atoms with Gasteiger partial charge in [0, 0.05) is 17.8 Å². The second-order valence-corrected chi connectivity index (χ2v) is 4.58.